The lowest BCUT2D eigenvalue weighted by molar-refractivity contribution is 1.18. The Bertz CT molecular complexity index is 2900. The molecular formula is C45H25N5. The molecule has 0 fully saturated rings. The van der Waals surface area contributed by atoms with Gasteiger partial charge in [-0.25, -0.2) is 4.85 Å². The van der Waals surface area contributed by atoms with Gasteiger partial charge in [0.15, 0.2) is 5.69 Å². The number of benzene rings is 7. The maximum atomic E-state index is 10.4. The lowest BCUT2D eigenvalue weighted by atomic mass is 9.89. The number of hydrogen-bond acceptors (Lipinski definition) is 2. The molecule has 0 aliphatic carbocycles. The molecule has 9 aromatic rings. The third-order valence-corrected chi connectivity index (χ3v) is 9.62. The van der Waals surface area contributed by atoms with Crippen molar-refractivity contribution in [2.24, 2.45) is 0 Å². The van der Waals surface area contributed by atoms with E-state index in [1.54, 1.807) is 0 Å². The fourth-order valence-electron chi connectivity index (χ4n) is 7.46. The van der Waals surface area contributed by atoms with Crippen molar-refractivity contribution in [3.05, 3.63) is 174 Å². The summed E-state index contributed by atoms with van der Waals surface area (Å²) in [6, 6.07) is 55.5. The molecule has 0 amide bonds. The van der Waals surface area contributed by atoms with E-state index < -0.39 is 0 Å². The second-order valence-corrected chi connectivity index (χ2v) is 12.3. The van der Waals surface area contributed by atoms with Crippen molar-refractivity contribution < 1.29 is 0 Å². The van der Waals surface area contributed by atoms with Crippen LogP contribution in [0.1, 0.15) is 11.1 Å². The van der Waals surface area contributed by atoms with E-state index in [1.807, 2.05) is 72.8 Å². The molecular weight excluding hydrogens is 611 g/mol. The summed E-state index contributed by atoms with van der Waals surface area (Å²) in [4.78, 5) is 3.80. The van der Waals surface area contributed by atoms with Gasteiger partial charge in [-0.3, -0.25) is 0 Å². The van der Waals surface area contributed by atoms with Crippen LogP contribution in [0.15, 0.2) is 152 Å². The monoisotopic (exact) mass is 635 g/mol. The van der Waals surface area contributed by atoms with E-state index >= 15 is 0 Å². The van der Waals surface area contributed by atoms with Crippen molar-refractivity contribution in [3.63, 3.8) is 0 Å². The molecule has 0 bridgehead atoms. The van der Waals surface area contributed by atoms with Crippen molar-refractivity contribution in [2.75, 3.05) is 0 Å². The van der Waals surface area contributed by atoms with Crippen molar-refractivity contribution in [2.45, 2.75) is 0 Å². The Kier molecular flexibility index (Phi) is 6.56. The fourth-order valence-corrected chi connectivity index (χ4v) is 7.46. The first-order valence-corrected chi connectivity index (χ1v) is 16.3. The number of aromatic nitrogens is 2. The van der Waals surface area contributed by atoms with Crippen LogP contribution < -0.4 is 0 Å². The van der Waals surface area contributed by atoms with Crippen LogP contribution in [-0.4, -0.2) is 9.13 Å². The Morgan fingerprint density at radius 1 is 0.500 bits per heavy atom. The molecule has 0 unspecified atom stereocenters. The number of fused-ring (bicyclic) bond motifs is 6. The van der Waals surface area contributed by atoms with E-state index in [0.717, 1.165) is 77.2 Å². The minimum Gasteiger partial charge on any atom is -0.310 e. The molecule has 0 saturated carbocycles. The van der Waals surface area contributed by atoms with Crippen molar-refractivity contribution in [1.29, 1.82) is 10.5 Å². The third kappa shape index (κ3) is 4.31. The summed E-state index contributed by atoms with van der Waals surface area (Å²) < 4.78 is 4.46. The van der Waals surface area contributed by atoms with Gasteiger partial charge in [-0.15, -0.1) is 0 Å². The predicted molar refractivity (Wildman–Crippen MR) is 202 cm³/mol. The minimum atomic E-state index is 0.543. The Morgan fingerprint density at radius 3 is 1.76 bits per heavy atom. The fraction of sp³-hybridized carbons (Fsp3) is 0. The van der Waals surface area contributed by atoms with Gasteiger partial charge in [0.25, 0.3) is 0 Å². The molecule has 0 spiro atoms. The first-order chi connectivity index (χ1) is 24.7. The molecule has 9 rings (SSSR count). The summed E-state index contributed by atoms with van der Waals surface area (Å²) in [5, 5.41) is 24.4. The maximum Gasteiger partial charge on any atom is 0.189 e. The van der Waals surface area contributed by atoms with Crippen LogP contribution >= 0.6 is 0 Å². The lowest BCUT2D eigenvalue weighted by Gasteiger charge is -2.19. The molecule has 7 aromatic carbocycles. The molecule has 0 aliphatic heterocycles. The van der Waals surface area contributed by atoms with Crippen LogP contribution in [-0.2, 0) is 0 Å². The smallest absolute Gasteiger partial charge is 0.189 e. The number of rotatable bonds is 4. The minimum absolute atomic E-state index is 0.543. The Balaban J connectivity index is 1.26. The first kappa shape index (κ1) is 28.8. The van der Waals surface area contributed by atoms with Crippen LogP contribution in [0, 0.1) is 29.2 Å². The second-order valence-electron chi connectivity index (χ2n) is 12.3. The van der Waals surface area contributed by atoms with Crippen LogP contribution in [0.3, 0.4) is 0 Å². The van der Waals surface area contributed by atoms with Crippen LogP contribution in [0.25, 0.3) is 82.1 Å². The van der Waals surface area contributed by atoms with Gasteiger partial charge < -0.3 is 9.13 Å². The molecule has 230 valence electrons. The molecule has 0 N–H and O–H groups in total. The normalized spacial score (nSPS) is 11.1. The zero-order valence-electron chi connectivity index (χ0n) is 26.7. The first-order valence-electron chi connectivity index (χ1n) is 16.3. The van der Waals surface area contributed by atoms with Gasteiger partial charge >= 0.3 is 0 Å². The predicted octanol–water partition coefficient (Wildman–Crippen LogP) is 11.5. The SMILES string of the molecule is [C-]#[N+]c1ccc(-c2cccc(C#N)c2-c2ccc(-n3c4ccccc4c4cc(C#N)ccc43)cc2)c(-n2c3ccccc3c3ccccc32)c1. The molecule has 5 nitrogen and oxygen atoms in total. The summed E-state index contributed by atoms with van der Waals surface area (Å²) >= 11 is 0. The standard InChI is InChI=1S/C45H25N5/c1-48-32-20-23-37(44(26-32)50-41-15-6-2-10-34(41)35-11-3-7-16-42(35)50)38-13-8-9-31(28-47)45(38)30-18-21-33(22-19-30)49-40-14-5-4-12-36(40)39-25-29(27-46)17-24-43(39)49/h2-26H. The van der Waals surface area contributed by atoms with Gasteiger partial charge in [0, 0.05) is 44.0 Å². The highest BCUT2D eigenvalue weighted by Gasteiger charge is 2.20. The molecule has 0 atom stereocenters. The molecule has 0 aliphatic rings. The summed E-state index contributed by atoms with van der Waals surface area (Å²) in [6.07, 6.45) is 0. The zero-order valence-corrected chi connectivity index (χ0v) is 26.7. The van der Waals surface area contributed by atoms with Crippen molar-refractivity contribution in [1.82, 2.24) is 9.13 Å². The summed E-state index contributed by atoms with van der Waals surface area (Å²) in [5.74, 6) is 0. The third-order valence-electron chi connectivity index (χ3n) is 9.62. The average molecular weight is 636 g/mol. The van der Waals surface area contributed by atoms with Gasteiger partial charge in [0.05, 0.1) is 51.9 Å². The number of hydrogen-bond donors (Lipinski definition) is 0. The molecule has 0 saturated heterocycles. The average Bonchev–Trinajstić information content (AvgIpc) is 3.70. The quantitative estimate of drug-likeness (QED) is 0.181. The summed E-state index contributed by atoms with van der Waals surface area (Å²) in [6.45, 7) is 7.86. The van der Waals surface area contributed by atoms with Crippen molar-refractivity contribution >= 4 is 49.3 Å². The van der Waals surface area contributed by atoms with Crippen LogP contribution in [0.4, 0.5) is 5.69 Å². The second kappa shape index (κ2) is 11.4. The van der Waals surface area contributed by atoms with E-state index in [9.17, 15) is 10.5 Å². The summed E-state index contributed by atoms with van der Waals surface area (Å²) in [5.41, 5.74) is 11.4. The Labute approximate surface area is 288 Å². The van der Waals surface area contributed by atoms with E-state index in [4.69, 9.17) is 6.57 Å². The molecule has 0 radical (unpaired) electrons. The highest BCUT2D eigenvalue weighted by molar-refractivity contribution is 6.11. The Hall–Kier alpha value is -7.39. The number of nitriles is 2. The van der Waals surface area contributed by atoms with Crippen molar-refractivity contribution in [3.8, 4) is 45.8 Å². The van der Waals surface area contributed by atoms with Gasteiger partial charge in [-0.1, -0.05) is 91.0 Å². The van der Waals surface area contributed by atoms with E-state index in [-0.39, 0.29) is 0 Å². The zero-order chi connectivity index (χ0) is 33.8. The largest absolute Gasteiger partial charge is 0.310 e. The van der Waals surface area contributed by atoms with E-state index in [0.29, 0.717) is 16.8 Å². The lowest BCUT2D eigenvalue weighted by Crippen LogP contribution is -1.99. The van der Waals surface area contributed by atoms with Gasteiger partial charge in [-0.2, -0.15) is 10.5 Å². The van der Waals surface area contributed by atoms with E-state index in [2.05, 4.69) is 105 Å². The molecule has 2 heterocycles. The maximum absolute atomic E-state index is 10.4. The van der Waals surface area contributed by atoms with Gasteiger partial charge in [0.2, 0.25) is 0 Å². The van der Waals surface area contributed by atoms with E-state index in [1.165, 1.54) is 0 Å². The highest BCUT2D eigenvalue weighted by Crippen LogP contribution is 2.42. The van der Waals surface area contributed by atoms with Gasteiger partial charge in [0.1, 0.15) is 0 Å². The molecule has 50 heavy (non-hydrogen) atoms. The highest BCUT2D eigenvalue weighted by atomic mass is 15.0. The van der Waals surface area contributed by atoms with Gasteiger partial charge in [-0.05, 0) is 71.8 Å². The molecule has 2 aromatic heterocycles. The van der Waals surface area contributed by atoms with Crippen LogP contribution in [0.2, 0.25) is 0 Å². The number of nitrogens with zero attached hydrogens (tertiary/aromatic N) is 5. The molecule has 5 heteroatoms. The Morgan fingerprint density at radius 2 is 1.12 bits per heavy atom. The van der Waals surface area contributed by atoms with Crippen LogP contribution in [0.5, 0.6) is 0 Å². The topological polar surface area (TPSA) is 61.8 Å². The summed E-state index contributed by atoms with van der Waals surface area (Å²) in [7, 11) is 0. The number of para-hydroxylation sites is 3.